The van der Waals surface area contributed by atoms with Gasteiger partial charge in [0.25, 0.3) is 5.91 Å². The van der Waals surface area contributed by atoms with Crippen molar-refractivity contribution in [2.45, 2.75) is 13.5 Å². The molecule has 1 fully saturated rings. The maximum Gasteiger partial charge on any atom is 0.409 e. The summed E-state index contributed by atoms with van der Waals surface area (Å²) in [6.07, 6.45) is 3.09. The van der Waals surface area contributed by atoms with Gasteiger partial charge in [-0.1, -0.05) is 6.07 Å². The van der Waals surface area contributed by atoms with Gasteiger partial charge in [-0.15, -0.1) is 10.2 Å². The van der Waals surface area contributed by atoms with Crippen LogP contribution in [0.1, 0.15) is 23.0 Å². The molecule has 0 atom stereocenters. The zero-order valence-corrected chi connectivity index (χ0v) is 15.2. The third-order valence-electron chi connectivity index (χ3n) is 4.19. The summed E-state index contributed by atoms with van der Waals surface area (Å²) < 4.78 is 5.01. The molecule has 0 bridgehead atoms. The molecule has 142 valence electrons. The molecule has 1 aliphatic heterocycles. The number of carbonyl (C=O) groups is 2. The number of carbonyl (C=O) groups excluding carboxylic acids is 2. The summed E-state index contributed by atoms with van der Waals surface area (Å²) in [7, 11) is 0. The fourth-order valence-electron chi connectivity index (χ4n) is 2.72. The number of rotatable bonds is 5. The summed E-state index contributed by atoms with van der Waals surface area (Å²) in [5.41, 5.74) is 1.17. The van der Waals surface area contributed by atoms with E-state index in [1.54, 1.807) is 36.4 Å². The molecular formula is C18H22N6O3. The predicted molar refractivity (Wildman–Crippen MR) is 98.2 cm³/mol. The van der Waals surface area contributed by atoms with Gasteiger partial charge >= 0.3 is 6.09 Å². The van der Waals surface area contributed by atoms with Crippen LogP contribution in [-0.2, 0) is 11.3 Å². The average molecular weight is 370 g/mol. The molecule has 0 aliphatic carbocycles. The Labute approximate surface area is 157 Å². The topological polar surface area (TPSA) is 101 Å². The summed E-state index contributed by atoms with van der Waals surface area (Å²) >= 11 is 0. The summed E-state index contributed by atoms with van der Waals surface area (Å²) in [5, 5.41) is 11.0. The van der Waals surface area contributed by atoms with E-state index >= 15 is 0 Å². The van der Waals surface area contributed by atoms with Crippen molar-refractivity contribution in [3.63, 3.8) is 0 Å². The molecular weight excluding hydrogens is 348 g/mol. The Hall–Kier alpha value is -3.23. The minimum absolute atomic E-state index is 0.257. The zero-order valence-electron chi connectivity index (χ0n) is 15.2. The Kier molecular flexibility index (Phi) is 6.14. The second kappa shape index (κ2) is 8.93. The molecule has 3 rings (SSSR count). The Morgan fingerprint density at radius 3 is 2.59 bits per heavy atom. The van der Waals surface area contributed by atoms with Crippen molar-refractivity contribution >= 4 is 17.8 Å². The van der Waals surface area contributed by atoms with Gasteiger partial charge in [0.2, 0.25) is 0 Å². The van der Waals surface area contributed by atoms with Gasteiger partial charge in [-0.05, 0) is 30.7 Å². The maximum absolute atomic E-state index is 12.2. The van der Waals surface area contributed by atoms with Gasteiger partial charge in [-0.2, -0.15) is 0 Å². The first-order chi connectivity index (χ1) is 13.2. The molecule has 9 nitrogen and oxygen atoms in total. The van der Waals surface area contributed by atoms with Crippen molar-refractivity contribution in [1.29, 1.82) is 0 Å². The van der Waals surface area contributed by atoms with Crippen molar-refractivity contribution in [3.05, 3.63) is 47.9 Å². The number of piperazine rings is 1. The number of nitrogens with zero attached hydrogens (tertiary/aromatic N) is 5. The van der Waals surface area contributed by atoms with Crippen molar-refractivity contribution < 1.29 is 14.3 Å². The highest BCUT2D eigenvalue weighted by Gasteiger charge is 2.23. The first-order valence-electron chi connectivity index (χ1n) is 8.85. The van der Waals surface area contributed by atoms with Crippen LogP contribution in [0.2, 0.25) is 0 Å². The van der Waals surface area contributed by atoms with Gasteiger partial charge in [-0.3, -0.25) is 9.78 Å². The molecule has 2 amide bonds. The molecule has 27 heavy (non-hydrogen) atoms. The number of pyridine rings is 1. The number of ether oxygens (including phenoxy) is 1. The number of amides is 2. The number of hydrogen-bond donors (Lipinski definition) is 1. The lowest BCUT2D eigenvalue weighted by Gasteiger charge is -2.34. The fraction of sp³-hybridized carbons (Fsp3) is 0.389. The van der Waals surface area contributed by atoms with Crippen molar-refractivity contribution in [2.75, 3.05) is 37.7 Å². The van der Waals surface area contributed by atoms with Crippen LogP contribution in [0.5, 0.6) is 0 Å². The Bertz CT molecular complexity index is 760. The zero-order chi connectivity index (χ0) is 19.1. The van der Waals surface area contributed by atoms with E-state index in [0.29, 0.717) is 45.1 Å². The number of anilines is 1. The van der Waals surface area contributed by atoms with Gasteiger partial charge in [0.15, 0.2) is 11.5 Å². The monoisotopic (exact) mass is 370 g/mol. The Morgan fingerprint density at radius 1 is 1.15 bits per heavy atom. The number of hydrogen-bond acceptors (Lipinski definition) is 7. The van der Waals surface area contributed by atoms with Crippen molar-refractivity contribution in [3.8, 4) is 0 Å². The molecule has 2 aromatic heterocycles. The minimum atomic E-state index is -0.288. The molecule has 1 aliphatic rings. The van der Waals surface area contributed by atoms with Crippen LogP contribution >= 0.6 is 0 Å². The van der Waals surface area contributed by atoms with Crippen LogP contribution in [0, 0.1) is 0 Å². The van der Waals surface area contributed by atoms with E-state index in [4.69, 9.17) is 4.74 Å². The largest absolute Gasteiger partial charge is 0.450 e. The Balaban J connectivity index is 1.51. The molecule has 9 heteroatoms. The SMILES string of the molecule is CCOC(=O)N1CCN(c2ccc(C(=O)NCc3cccnc3)nn2)CC1. The highest BCUT2D eigenvalue weighted by atomic mass is 16.6. The highest BCUT2D eigenvalue weighted by molar-refractivity contribution is 5.92. The third-order valence-corrected chi connectivity index (χ3v) is 4.19. The lowest BCUT2D eigenvalue weighted by atomic mass is 10.2. The van der Waals surface area contributed by atoms with Gasteiger partial charge in [0.05, 0.1) is 6.61 Å². The fourth-order valence-corrected chi connectivity index (χ4v) is 2.72. The number of aromatic nitrogens is 3. The minimum Gasteiger partial charge on any atom is -0.450 e. The lowest BCUT2D eigenvalue weighted by Crippen LogP contribution is -2.49. The second-order valence-electron chi connectivity index (χ2n) is 5.99. The molecule has 2 aromatic rings. The van der Waals surface area contributed by atoms with Crippen LogP contribution in [0.3, 0.4) is 0 Å². The van der Waals surface area contributed by atoms with Gasteiger partial charge < -0.3 is 19.9 Å². The standard InChI is InChI=1S/C18H22N6O3/c1-2-27-18(26)24-10-8-23(9-11-24)16-6-5-15(21-22-16)17(25)20-13-14-4-3-7-19-12-14/h3-7,12H,2,8-11,13H2,1H3,(H,20,25). The Morgan fingerprint density at radius 2 is 1.96 bits per heavy atom. The smallest absolute Gasteiger partial charge is 0.409 e. The molecule has 0 radical (unpaired) electrons. The molecule has 3 heterocycles. The van der Waals surface area contributed by atoms with E-state index in [-0.39, 0.29) is 17.7 Å². The van der Waals surface area contributed by atoms with E-state index in [1.165, 1.54) is 0 Å². The van der Waals surface area contributed by atoms with Crippen LogP contribution in [0.4, 0.5) is 10.6 Å². The van der Waals surface area contributed by atoms with Crippen LogP contribution in [-0.4, -0.2) is 64.9 Å². The van der Waals surface area contributed by atoms with Gasteiger partial charge in [0, 0.05) is 45.1 Å². The van der Waals surface area contributed by atoms with Crippen LogP contribution in [0.25, 0.3) is 0 Å². The molecule has 0 saturated carbocycles. The summed E-state index contributed by atoms with van der Waals surface area (Å²) in [6.45, 7) is 4.95. The van der Waals surface area contributed by atoms with Crippen molar-refractivity contribution in [2.24, 2.45) is 0 Å². The first kappa shape index (κ1) is 18.6. The predicted octanol–water partition coefficient (Wildman–Crippen LogP) is 1.08. The average Bonchev–Trinajstić information content (AvgIpc) is 2.73. The van der Waals surface area contributed by atoms with E-state index in [1.807, 2.05) is 17.0 Å². The molecule has 0 unspecified atom stereocenters. The molecule has 0 aromatic carbocycles. The van der Waals surface area contributed by atoms with E-state index in [9.17, 15) is 9.59 Å². The van der Waals surface area contributed by atoms with E-state index < -0.39 is 0 Å². The summed E-state index contributed by atoms with van der Waals surface area (Å²) in [5.74, 6) is 0.396. The quantitative estimate of drug-likeness (QED) is 0.840. The first-order valence-corrected chi connectivity index (χ1v) is 8.85. The van der Waals surface area contributed by atoms with Gasteiger partial charge in [0.1, 0.15) is 0 Å². The van der Waals surface area contributed by atoms with E-state index in [2.05, 4.69) is 20.5 Å². The molecule has 1 saturated heterocycles. The van der Waals surface area contributed by atoms with Crippen molar-refractivity contribution in [1.82, 2.24) is 25.4 Å². The van der Waals surface area contributed by atoms with Crippen LogP contribution in [0.15, 0.2) is 36.7 Å². The number of nitrogens with one attached hydrogen (secondary N) is 1. The lowest BCUT2D eigenvalue weighted by molar-refractivity contribution is 0.0944. The van der Waals surface area contributed by atoms with E-state index in [0.717, 1.165) is 5.56 Å². The normalized spacial score (nSPS) is 14.0. The van der Waals surface area contributed by atoms with Crippen LogP contribution < -0.4 is 10.2 Å². The summed E-state index contributed by atoms with van der Waals surface area (Å²) in [4.78, 5) is 31.6. The molecule has 1 N–H and O–H groups in total. The van der Waals surface area contributed by atoms with Gasteiger partial charge in [-0.25, -0.2) is 4.79 Å². The highest BCUT2D eigenvalue weighted by Crippen LogP contribution is 2.13. The second-order valence-corrected chi connectivity index (χ2v) is 5.99. The summed E-state index contributed by atoms with van der Waals surface area (Å²) in [6, 6.07) is 7.13. The molecule has 0 spiro atoms. The third kappa shape index (κ3) is 4.90. The maximum atomic E-state index is 12.2.